The summed E-state index contributed by atoms with van der Waals surface area (Å²) in [5.41, 5.74) is 1.61. The third kappa shape index (κ3) is 3.67. The number of ether oxygens (including phenoxy) is 1. The van der Waals surface area contributed by atoms with E-state index < -0.39 is 0 Å². The molecule has 126 valence electrons. The molecule has 0 saturated carbocycles. The van der Waals surface area contributed by atoms with Crippen molar-refractivity contribution in [2.75, 3.05) is 37.7 Å². The van der Waals surface area contributed by atoms with Crippen LogP contribution in [0, 0.1) is 12.7 Å². The van der Waals surface area contributed by atoms with Gasteiger partial charge in [-0.25, -0.2) is 4.39 Å². The molecule has 0 N–H and O–H groups in total. The van der Waals surface area contributed by atoms with Gasteiger partial charge in [0.1, 0.15) is 11.6 Å². The Bertz CT molecular complexity index is 712. The van der Waals surface area contributed by atoms with E-state index in [9.17, 15) is 9.18 Å². The first-order valence-corrected chi connectivity index (χ1v) is 8.11. The van der Waals surface area contributed by atoms with Crippen LogP contribution >= 0.6 is 0 Å². The predicted molar refractivity (Wildman–Crippen MR) is 91.9 cm³/mol. The second-order valence-electron chi connectivity index (χ2n) is 5.87. The summed E-state index contributed by atoms with van der Waals surface area (Å²) in [7, 11) is 0. The van der Waals surface area contributed by atoms with Gasteiger partial charge in [-0.1, -0.05) is 30.3 Å². The van der Waals surface area contributed by atoms with Crippen LogP contribution in [0.1, 0.15) is 5.56 Å². The fourth-order valence-corrected chi connectivity index (χ4v) is 2.85. The monoisotopic (exact) mass is 328 g/mol. The molecule has 4 nitrogen and oxygen atoms in total. The molecule has 0 atom stereocenters. The highest BCUT2D eigenvalue weighted by molar-refractivity contribution is 5.78. The highest BCUT2D eigenvalue weighted by Crippen LogP contribution is 2.20. The molecule has 0 radical (unpaired) electrons. The summed E-state index contributed by atoms with van der Waals surface area (Å²) in [6.45, 7) is 4.38. The average molecular weight is 328 g/mol. The van der Waals surface area contributed by atoms with Gasteiger partial charge >= 0.3 is 0 Å². The van der Waals surface area contributed by atoms with E-state index in [1.165, 1.54) is 6.07 Å². The minimum Gasteiger partial charge on any atom is -0.484 e. The fourth-order valence-electron chi connectivity index (χ4n) is 2.85. The van der Waals surface area contributed by atoms with Crippen LogP contribution < -0.4 is 9.64 Å². The quantitative estimate of drug-likeness (QED) is 0.865. The molecule has 24 heavy (non-hydrogen) atoms. The number of rotatable bonds is 4. The second-order valence-corrected chi connectivity index (χ2v) is 5.87. The number of hydrogen-bond donors (Lipinski definition) is 0. The van der Waals surface area contributed by atoms with Crippen LogP contribution in [0.4, 0.5) is 10.1 Å². The molecular formula is C19H21FN2O2. The Kier molecular flexibility index (Phi) is 4.99. The lowest BCUT2D eigenvalue weighted by Gasteiger charge is -2.36. The van der Waals surface area contributed by atoms with E-state index in [0.29, 0.717) is 31.9 Å². The molecule has 0 bridgehead atoms. The van der Waals surface area contributed by atoms with Crippen LogP contribution in [0.3, 0.4) is 0 Å². The third-order valence-corrected chi connectivity index (χ3v) is 4.27. The number of hydrogen-bond acceptors (Lipinski definition) is 3. The summed E-state index contributed by atoms with van der Waals surface area (Å²) in [5.74, 6) is 0.474. The first kappa shape index (κ1) is 16.3. The Hall–Kier alpha value is -2.56. The minimum absolute atomic E-state index is 0.0323. The van der Waals surface area contributed by atoms with Crippen molar-refractivity contribution >= 4 is 11.6 Å². The summed E-state index contributed by atoms with van der Waals surface area (Å²) in [6, 6.07) is 14.4. The molecule has 2 aromatic carbocycles. The number of nitrogens with zero attached hydrogens (tertiary/aromatic N) is 2. The number of anilines is 1. The summed E-state index contributed by atoms with van der Waals surface area (Å²) in [4.78, 5) is 16.0. The molecule has 0 aliphatic carbocycles. The molecule has 0 unspecified atom stereocenters. The number of para-hydroxylation sites is 2. The molecule has 1 saturated heterocycles. The average Bonchev–Trinajstić information content (AvgIpc) is 2.61. The van der Waals surface area contributed by atoms with Gasteiger partial charge in [0.2, 0.25) is 0 Å². The molecule has 0 aromatic heterocycles. The first-order valence-electron chi connectivity index (χ1n) is 8.11. The molecule has 1 aliphatic heterocycles. The van der Waals surface area contributed by atoms with Crippen LogP contribution in [-0.4, -0.2) is 43.6 Å². The van der Waals surface area contributed by atoms with Gasteiger partial charge in [-0.3, -0.25) is 4.79 Å². The zero-order valence-electron chi connectivity index (χ0n) is 13.7. The van der Waals surface area contributed by atoms with E-state index >= 15 is 0 Å². The van der Waals surface area contributed by atoms with E-state index in [-0.39, 0.29) is 18.3 Å². The van der Waals surface area contributed by atoms with E-state index in [2.05, 4.69) is 0 Å². The maximum Gasteiger partial charge on any atom is 0.260 e. The Morgan fingerprint density at radius 1 is 1.04 bits per heavy atom. The number of aryl methyl sites for hydroxylation is 1. The Morgan fingerprint density at radius 3 is 2.42 bits per heavy atom. The van der Waals surface area contributed by atoms with E-state index in [1.54, 1.807) is 17.0 Å². The highest BCUT2D eigenvalue weighted by atomic mass is 19.1. The van der Waals surface area contributed by atoms with Gasteiger partial charge in [0.15, 0.2) is 6.61 Å². The van der Waals surface area contributed by atoms with Crippen LogP contribution in [0.2, 0.25) is 0 Å². The van der Waals surface area contributed by atoms with Crippen molar-refractivity contribution in [1.82, 2.24) is 4.90 Å². The largest absolute Gasteiger partial charge is 0.484 e. The molecule has 1 heterocycles. The van der Waals surface area contributed by atoms with Gasteiger partial charge in [-0.2, -0.15) is 0 Å². The smallest absolute Gasteiger partial charge is 0.260 e. The predicted octanol–water partition coefficient (Wildman–Crippen LogP) is 2.86. The summed E-state index contributed by atoms with van der Waals surface area (Å²) in [5, 5.41) is 0. The van der Waals surface area contributed by atoms with Gasteiger partial charge in [0.25, 0.3) is 5.91 Å². The minimum atomic E-state index is -0.222. The zero-order chi connectivity index (χ0) is 16.9. The Morgan fingerprint density at radius 2 is 1.71 bits per heavy atom. The van der Waals surface area contributed by atoms with Crippen molar-refractivity contribution in [3.63, 3.8) is 0 Å². The van der Waals surface area contributed by atoms with Crippen LogP contribution in [0.5, 0.6) is 5.75 Å². The van der Waals surface area contributed by atoms with Crippen molar-refractivity contribution in [2.24, 2.45) is 0 Å². The zero-order valence-corrected chi connectivity index (χ0v) is 13.7. The molecule has 3 rings (SSSR count). The normalized spacial score (nSPS) is 14.6. The van der Waals surface area contributed by atoms with Gasteiger partial charge in [0.05, 0.1) is 5.69 Å². The number of amides is 1. The number of carbonyl (C=O) groups is 1. The Balaban J connectivity index is 1.52. The lowest BCUT2D eigenvalue weighted by molar-refractivity contribution is -0.133. The van der Waals surface area contributed by atoms with Gasteiger partial charge < -0.3 is 14.5 Å². The third-order valence-electron chi connectivity index (χ3n) is 4.27. The lowest BCUT2D eigenvalue weighted by atomic mass is 10.2. The van der Waals surface area contributed by atoms with Crippen molar-refractivity contribution in [2.45, 2.75) is 6.92 Å². The second kappa shape index (κ2) is 7.34. The number of carbonyl (C=O) groups excluding carboxylic acids is 1. The van der Waals surface area contributed by atoms with Crippen LogP contribution in [0.15, 0.2) is 48.5 Å². The maximum absolute atomic E-state index is 13.8. The molecule has 5 heteroatoms. The summed E-state index contributed by atoms with van der Waals surface area (Å²) >= 11 is 0. The fraction of sp³-hybridized carbons (Fsp3) is 0.316. The molecule has 1 fully saturated rings. The first-order chi connectivity index (χ1) is 11.6. The summed E-state index contributed by atoms with van der Waals surface area (Å²) < 4.78 is 19.5. The molecule has 1 amide bonds. The molecule has 2 aromatic rings. The standard InChI is InChI=1S/C19H21FN2O2/c1-15-6-2-5-9-18(15)24-14-19(23)22-12-10-21(11-13-22)17-8-4-3-7-16(17)20/h2-9H,10-14H2,1H3. The Labute approximate surface area is 141 Å². The van der Waals surface area contributed by atoms with E-state index in [4.69, 9.17) is 4.74 Å². The van der Waals surface area contributed by atoms with Crippen molar-refractivity contribution in [1.29, 1.82) is 0 Å². The SMILES string of the molecule is Cc1ccccc1OCC(=O)N1CCN(c2ccccc2F)CC1. The van der Waals surface area contributed by atoms with Gasteiger partial charge in [-0.05, 0) is 30.7 Å². The van der Waals surface area contributed by atoms with Gasteiger partial charge in [0, 0.05) is 26.2 Å². The number of halogens is 1. The van der Waals surface area contributed by atoms with E-state index in [1.807, 2.05) is 42.2 Å². The lowest BCUT2D eigenvalue weighted by Crippen LogP contribution is -2.50. The van der Waals surface area contributed by atoms with Crippen molar-refractivity contribution < 1.29 is 13.9 Å². The van der Waals surface area contributed by atoms with E-state index in [0.717, 1.165) is 11.3 Å². The van der Waals surface area contributed by atoms with Gasteiger partial charge in [-0.15, -0.1) is 0 Å². The van der Waals surface area contributed by atoms with Crippen molar-refractivity contribution in [3.8, 4) is 5.75 Å². The highest BCUT2D eigenvalue weighted by Gasteiger charge is 2.22. The number of benzene rings is 2. The maximum atomic E-state index is 13.8. The molecular weight excluding hydrogens is 307 g/mol. The van der Waals surface area contributed by atoms with Crippen LogP contribution in [0.25, 0.3) is 0 Å². The molecule has 1 aliphatic rings. The van der Waals surface area contributed by atoms with Crippen molar-refractivity contribution in [3.05, 3.63) is 59.9 Å². The number of piperazine rings is 1. The van der Waals surface area contributed by atoms with Crippen LogP contribution in [-0.2, 0) is 4.79 Å². The summed E-state index contributed by atoms with van der Waals surface area (Å²) in [6.07, 6.45) is 0. The topological polar surface area (TPSA) is 32.8 Å². The molecule has 0 spiro atoms.